The minimum atomic E-state index is 0.316. The summed E-state index contributed by atoms with van der Waals surface area (Å²) in [5, 5.41) is 1.19. The molecule has 152 valence electrons. The van der Waals surface area contributed by atoms with Crippen LogP contribution in [0.3, 0.4) is 0 Å². The summed E-state index contributed by atoms with van der Waals surface area (Å²) in [5.41, 5.74) is 2.44. The molecule has 4 nitrogen and oxygen atoms in total. The molecule has 2 aromatic carbocycles. The van der Waals surface area contributed by atoms with Crippen LogP contribution < -0.4 is 0 Å². The van der Waals surface area contributed by atoms with Gasteiger partial charge in [0.15, 0.2) is 0 Å². The number of hydrogen-bond acceptors (Lipinski definition) is 4. The van der Waals surface area contributed by atoms with Crippen LogP contribution in [0.1, 0.15) is 36.3 Å². The standard InChI is InChI=1S/C24H29N3OS/c28-24(14-7-6-13-23-25-21-11-4-5-12-22(21)29-23)27-16-8-15-26(17-18-27)19-20-9-2-1-3-10-20/h1-5,9-12H,6-8,13-19H2. The van der Waals surface area contributed by atoms with Crippen molar-refractivity contribution in [2.75, 3.05) is 26.2 Å². The summed E-state index contributed by atoms with van der Waals surface area (Å²) < 4.78 is 1.25. The van der Waals surface area contributed by atoms with Gasteiger partial charge in [0.1, 0.15) is 0 Å². The van der Waals surface area contributed by atoms with Crippen LogP contribution in [0.15, 0.2) is 54.6 Å². The Morgan fingerprint density at radius 1 is 0.931 bits per heavy atom. The van der Waals surface area contributed by atoms with E-state index < -0.39 is 0 Å². The van der Waals surface area contributed by atoms with Crippen LogP contribution in [0.2, 0.25) is 0 Å². The van der Waals surface area contributed by atoms with Gasteiger partial charge in [-0.15, -0.1) is 11.3 Å². The number of nitrogens with zero attached hydrogens (tertiary/aromatic N) is 3. The van der Waals surface area contributed by atoms with Crippen LogP contribution in [-0.2, 0) is 17.8 Å². The van der Waals surface area contributed by atoms with Crippen LogP contribution >= 0.6 is 11.3 Å². The van der Waals surface area contributed by atoms with Gasteiger partial charge in [-0.25, -0.2) is 4.98 Å². The summed E-state index contributed by atoms with van der Waals surface area (Å²) in [4.78, 5) is 21.9. The van der Waals surface area contributed by atoms with Crippen molar-refractivity contribution in [3.63, 3.8) is 0 Å². The molecule has 0 unspecified atom stereocenters. The van der Waals surface area contributed by atoms with E-state index in [2.05, 4.69) is 58.3 Å². The lowest BCUT2D eigenvalue weighted by molar-refractivity contribution is -0.131. The highest BCUT2D eigenvalue weighted by atomic mass is 32.1. The van der Waals surface area contributed by atoms with Gasteiger partial charge in [-0.3, -0.25) is 9.69 Å². The van der Waals surface area contributed by atoms with E-state index in [1.54, 1.807) is 11.3 Å². The maximum absolute atomic E-state index is 12.7. The van der Waals surface area contributed by atoms with E-state index in [0.717, 1.165) is 63.9 Å². The lowest BCUT2D eigenvalue weighted by atomic mass is 10.2. The minimum Gasteiger partial charge on any atom is -0.341 e. The highest BCUT2D eigenvalue weighted by molar-refractivity contribution is 7.18. The summed E-state index contributed by atoms with van der Waals surface area (Å²) in [6.07, 6.45) is 4.66. The smallest absolute Gasteiger partial charge is 0.222 e. The maximum Gasteiger partial charge on any atom is 0.222 e. The molecule has 29 heavy (non-hydrogen) atoms. The predicted octanol–water partition coefficient (Wildman–Crippen LogP) is 4.74. The van der Waals surface area contributed by atoms with E-state index in [1.165, 1.54) is 15.3 Å². The second-order valence-corrected chi connectivity index (χ2v) is 8.89. The highest BCUT2D eigenvalue weighted by Crippen LogP contribution is 2.23. The predicted molar refractivity (Wildman–Crippen MR) is 120 cm³/mol. The SMILES string of the molecule is O=C(CCCCc1nc2ccccc2s1)N1CCCN(Cc2ccccc2)CC1. The average Bonchev–Trinajstić information content (AvgIpc) is 3.02. The fourth-order valence-electron chi connectivity index (χ4n) is 3.96. The molecule has 4 rings (SSSR count). The molecule has 0 spiro atoms. The Kier molecular flexibility index (Phi) is 6.91. The van der Waals surface area contributed by atoms with Crippen molar-refractivity contribution in [3.05, 3.63) is 65.2 Å². The van der Waals surface area contributed by atoms with Gasteiger partial charge in [0.25, 0.3) is 0 Å². The van der Waals surface area contributed by atoms with E-state index in [0.29, 0.717) is 12.3 Å². The zero-order valence-corrected chi connectivity index (χ0v) is 17.7. The van der Waals surface area contributed by atoms with Crippen molar-refractivity contribution in [2.24, 2.45) is 0 Å². The minimum absolute atomic E-state index is 0.316. The third kappa shape index (κ3) is 5.64. The monoisotopic (exact) mass is 407 g/mol. The molecule has 1 aliphatic heterocycles. The zero-order chi connectivity index (χ0) is 19.9. The number of amides is 1. The number of aromatic nitrogens is 1. The third-order valence-corrected chi connectivity index (χ3v) is 6.66. The number of benzene rings is 2. The first-order chi connectivity index (χ1) is 14.3. The van der Waals surface area contributed by atoms with Crippen molar-refractivity contribution in [3.8, 4) is 0 Å². The summed E-state index contributed by atoms with van der Waals surface area (Å²) in [7, 11) is 0. The third-order valence-electron chi connectivity index (χ3n) is 5.56. The first-order valence-corrected chi connectivity index (χ1v) is 11.5. The molecule has 1 aliphatic rings. The van der Waals surface area contributed by atoms with Gasteiger partial charge in [0.2, 0.25) is 5.91 Å². The van der Waals surface area contributed by atoms with Crippen molar-refractivity contribution in [1.29, 1.82) is 0 Å². The maximum atomic E-state index is 12.7. The van der Waals surface area contributed by atoms with Gasteiger partial charge >= 0.3 is 0 Å². The van der Waals surface area contributed by atoms with Crippen molar-refractivity contribution in [2.45, 2.75) is 38.6 Å². The molecule has 0 bridgehead atoms. The fourth-order valence-corrected chi connectivity index (χ4v) is 4.97. The Hall–Kier alpha value is -2.24. The van der Waals surface area contributed by atoms with Crippen molar-refractivity contribution >= 4 is 27.5 Å². The van der Waals surface area contributed by atoms with Crippen molar-refractivity contribution in [1.82, 2.24) is 14.8 Å². The molecule has 1 fully saturated rings. The largest absolute Gasteiger partial charge is 0.341 e. The Morgan fingerprint density at radius 3 is 2.62 bits per heavy atom. The Balaban J connectivity index is 1.18. The number of unbranched alkanes of at least 4 members (excludes halogenated alkanes) is 1. The number of rotatable bonds is 7. The first-order valence-electron chi connectivity index (χ1n) is 10.7. The molecule has 1 saturated heterocycles. The molecule has 2 heterocycles. The van der Waals surface area contributed by atoms with Crippen LogP contribution in [0.5, 0.6) is 0 Å². The van der Waals surface area contributed by atoms with Gasteiger partial charge in [-0.2, -0.15) is 0 Å². The average molecular weight is 408 g/mol. The second-order valence-electron chi connectivity index (χ2n) is 7.78. The van der Waals surface area contributed by atoms with E-state index in [9.17, 15) is 4.79 Å². The van der Waals surface area contributed by atoms with Gasteiger partial charge in [0.05, 0.1) is 15.2 Å². The molecule has 1 amide bonds. The van der Waals surface area contributed by atoms with Gasteiger partial charge in [0, 0.05) is 39.1 Å². The molecule has 1 aromatic heterocycles. The van der Waals surface area contributed by atoms with Crippen LogP contribution in [-0.4, -0.2) is 46.9 Å². The number of carbonyl (C=O) groups excluding carboxylic acids is 1. The highest BCUT2D eigenvalue weighted by Gasteiger charge is 2.18. The van der Waals surface area contributed by atoms with Crippen LogP contribution in [0.25, 0.3) is 10.2 Å². The molecular weight excluding hydrogens is 378 g/mol. The summed E-state index contributed by atoms with van der Waals surface area (Å²) in [6.45, 7) is 4.75. The van der Waals surface area contributed by atoms with Crippen molar-refractivity contribution < 1.29 is 4.79 Å². The molecule has 3 aromatic rings. The molecular formula is C24H29N3OS. The van der Waals surface area contributed by atoms with Crippen LogP contribution in [0.4, 0.5) is 0 Å². The van der Waals surface area contributed by atoms with E-state index in [1.807, 2.05) is 6.07 Å². The summed E-state index contributed by atoms with van der Waals surface area (Å²) >= 11 is 1.78. The molecule has 0 aliphatic carbocycles. The number of carbonyl (C=O) groups is 1. The van der Waals surface area contributed by atoms with E-state index in [4.69, 9.17) is 4.98 Å². The lowest BCUT2D eigenvalue weighted by Crippen LogP contribution is -2.34. The Morgan fingerprint density at radius 2 is 1.76 bits per heavy atom. The first kappa shape index (κ1) is 20.0. The topological polar surface area (TPSA) is 36.4 Å². The van der Waals surface area contributed by atoms with E-state index in [-0.39, 0.29) is 0 Å². The number of fused-ring (bicyclic) bond motifs is 1. The lowest BCUT2D eigenvalue weighted by Gasteiger charge is -2.22. The van der Waals surface area contributed by atoms with E-state index >= 15 is 0 Å². The molecule has 0 N–H and O–H groups in total. The normalized spacial score (nSPS) is 15.5. The Labute approximate surface area is 177 Å². The number of thiazole rings is 1. The Bertz CT molecular complexity index is 891. The molecule has 0 atom stereocenters. The van der Waals surface area contributed by atoms with Crippen LogP contribution in [0, 0.1) is 0 Å². The summed E-state index contributed by atoms with van der Waals surface area (Å²) in [5.74, 6) is 0.316. The van der Waals surface area contributed by atoms with Gasteiger partial charge in [-0.1, -0.05) is 42.5 Å². The molecule has 5 heteroatoms. The molecule has 0 saturated carbocycles. The molecule has 0 radical (unpaired) electrons. The van der Waals surface area contributed by atoms with Gasteiger partial charge < -0.3 is 4.90 Å². The number of hydrogen-bond donors (Lipinski definition) is 0. The second kappa shape index (κ2) is 9.99. The summed E-state index contributed by atoms with van der Waals surface area (Å²) in [6, 6.07) is 18.9. The quantitative estimate of drug-likeness (QED) is 0.531. The number of para-hydroxylation sites is 1. The van der Waals surface area contributed by atoms with Gasteiger partial charge in [-0.05, 0) is 43.4 Å². The zero-order valence-electron chi connectivity index (χ0n) is 16.9. The fraction of sp³-hybridized carbons (Fsp3) is 0.417. The number of aryl methyl sites for hydroxylation is 1.